The summed E-state index contributed by atoms with van der Waals surface area (Å²) in [5.74, 6) is 0.966. The van der Waals surface area contributed by atoms with Crippen LogP contribution < -0.4 is 10.1 Å². The zero-order valence-electron chi connectivity index (χ0n) is 12.5. The van der Waals surface area contributed by atoms with Crippen LogP contribution in [0.3, 0.4) is 0 Å². The van der Waals surface area contributed by atoms with Gasteiger partial charge in [0.1, 0.15) is 5.75 Å². The Kier molecular flexibility index (Phi) is 4.27. The van der Waals surface area contributed by atoms with Crippen LogP contribution in [0.25, 0.3) is 0 Å². The Morgan fingerprint density at radius 3 is 3.00 bits per heavy atom. The van der Waals surface area contributed by atoms with Gasteiger partial charge >= 0.3 is 0 Å². The molecule has 1 atom stereocenters. The van der Waals surface area contributed by atoms with Crippen LogP contribution in [0, 0.1) is 5.41 Å². The van der Waals surface area contributed by atoms with Gasteiger partial charge in [0.15, 0.2) is 0 Å². The van der Waals surface area contributed by atoms with E-state index in [1.165, 1.54) is 57.4 Å². The molecule has 3 heteroatoms. The first-order chi connectivity index (χ1) is 9.80. The number of nitrogens with one attached hydrogen (secondary N) is 1. The third kappa shape index (κ3) is 3.15. The number of piperidine rings is 2. The Bertz CT molecular complexity index is 435. The molecule has 110 valence electrons. The van der Waals surface area contributed by atoms with Crippen molar-refractivity contribution in [3.8, 4) is 5.75 Å². The molecular weight excluding hydrogens is 248 g/mol. The van der Waals surface area contributed by atoms with E-state index in [0.717, 1.165) is 12.3 Å². The van der Waals surface area contributed by atoms with Gasteiger partial charge in [0, 0.05) is 19.6 Å². The van der Waals surface area contributed by atoms with Crippen LogP contribution in [0.15, 0.2) is 24.3 Å². The van der Waals surface area contributed by atoms with E-state index < -0.39 is 0 Å². The van der Waals surface area contributed by atoms with E-state index in [0.29, 0.717) is 5.41 Å². The molecular formula is C17H26N2O. The van der Waals surface area contributed by atoms with Crippen molar-refractivity contribution >= 4 is 0 Å². The Labute approximate surface area is 122 Å². The highest BCUT2D eigenvalue weighted by atomic mass is 16.5. The summed E-state index contributed by atoms with van der Waals surface area (Å²) < 4.78 is 5.33. The number of rotatable bonds is 3. The molecule has 2 aliphatic rings. The van der Waals surface area contributed by atoms with Gasteiger partial charge < -0.3 is 10.1 Å². The van der Waals surface area contributed by atoms with Gasteiger partial charge in [0.2, 0.25) is 0 Å². The number of hydrogen-bond donors (Lipinski definition) is 1. The van der Waals surface area contributed by atoms with E-state index in [2.05, 4.69) is 28.4 Å². The second-order valence-electron chi connectivity index (χ2n) is 6.45. The smallest absolute Gasteiger partial charge is 0.119 e. The fourth-order valence-corrected chi connectivity index (χ4v) is 3.85. The van der Waals surface area contributed by atoms with Crippen LogP contribution in [-0.4, -0.2) is 38.2 Å². The number of benzene rings is 1. The van der Waals surface area contributed by atoms with Crippen LogP contribution in [0.2, 0.25) is 0 Å². The molecule has 1 spiro atoms. The zero-order chi connectivity index (χ0) is 13.8. The molecule has 20 heavy (non-hydrogen) atoms. The van der Waals surface area contributed by atoms with Crippen molar-refractivity contribution in [3.05, 3.63) is 29.8 Å². The van der Waals surface area contributed by atoms with Crippen molar-refractivity contribution < 1.29 is 4.74 Å². The molecule has 2 heterocycles. The molecule has 0 radical (unpaired) electrons. The largest absolute Gasteiger partial charge is 0.497 e. The van der Waals surface area contributed by atoms with E-state index in [4.69, 9.17) is 4.74 Å². The van der Waals surface area contributed by atoms with Crippen molar-refractivity contribution in [2.75, 3.05) is 33.3 Å². The average Bonchev–Trinajstić information content (AvgIpc) is 2.48. The average molecular weight is 274 g/mol. The zero-order valence-corrected chi connectivity index (χ0v) is 12.5. The second kappa shape index (κ2) is 6.15. The highest BCUT2D eigenvalue weighted by Gasteiger charge is 2.36. The van der Waals surface area contributed by atoms with Gasteiger partial charge in [0.25, 0.3) is 0 Å². The van der Waals surface area contributed by atoms with E-state index in [1.807, 2.05) is 6.07 Å². The van der Waals surface area contributed by atoms with Gasteiger partial charge in [-0.25, -0.2) is 0 Å². The van der Waals surface area contributed by atoms with Crippen LogP contribution in [0.4, 0.5) is 0 Å². The summed E-state index contributed by atoms with van der Waals surface area (Å²) >= 11 is 0. The summed E-state index contributed by atoms with van der Waals surface area (Å²) in [6.07, 6.45) is 5.47. The maximum absolute atomic E-state index is 5.33. The van der Waals surface area contributed by atoms with Crippen molar-refractivity contribution in [2.45, 2.75) is 32.2 Å². The van der Waals surface area contributed by atoms with Crippen molar-refractivity contribution in [1.82, 2.24) is 10.2 Å². The quantitative estimate of drug-likeness (QED) is 0.917. The number of hydrogen-bond acceptors (Lipinski definition) is 3. The minimum absolute atomic E-state index is 0.537. The Morgan fingerprint density at radius 1 is 1.30 bits per heavy atom. The third-order valence-corrected chi connectivity index (χ3v) is 4.84. The summed E-state index contributed by atoms with van der Waals surface area (Å²) in [5, 5.41) is 3.60. The molecule has 1 aromatic carbocycles. The minimum atomic E-state index is 0.537. The van der Waals surface area contributed by atoms with Crippen LogP contribution in [0.1, 0.15) is 31.2 Å². The topological polar surface area (TPSA) is 24.5 Å². The summed E-state index contributed by atoms with van der Waals surface area (Å²) in [7, 11) is 1.74. The van der Waals surface area contributed by atoms with Crippen LogP contribution in [0.5, 0.6) is 5.75 Å². The molecule has 1 aromatic rings. The molecule has 2 saturated heterocycles. The molecule has 3 rings (SSSR count). The lowest BCUT2D eigenvalue weighted by atomic mass is 9.74. The molecule has 2 aliphatic heterocycles. The van der Waals surface area contributed by atoms with Gasteiger partial charge in [-0.15, -0.1) is 0 Å². The molecule has 0 saturated carbocycles. The first-order valence-corrected chi connectivity index (χ1v) is 7.86. The fraction of sp³-hybridized carbons (Fsp3) is 0.647. The lowest BCUT2D eigenvalue weighted by Gasteiger charge is -2.45. The highest BCUT2D eigenvalue weighted by molar-refractivity contribution is 5.28. The van der Waals surface area contributed by atoms with Gasteiger partial charge in [-0.1, -0.05) is 12.1 Å². The first kappa shape index (κ1) is 13.9. The summed E-state index contributed by atoms with van der Waals surface area (Å²) in [5.41, 5.74) is 1.90. The van der Waals surface area contributed by atoms with E-state index in [1.54, 1.807) is 7.11 Å². The monoisotopic (exact) mass is 274 g/mol. The van der Waals surface area contributed by atoms with Gasteiger partial charge in [-0.3, -0.25) is 4.90 Å². The molecule has 0 bridgehead atoms. The molecule has 0 aliphatic carbocycles. The number of methoxy groups -OCH3 is 1. The molecule has 0 amide bonds. The molecule has 3 nitrogen and oxygen atoms in total. The Hall–Kier alpha value is -1.06. The lowest BCUT2D eigenvalue weighted by Crippen LogP contribution is -2.50. The third-order valence-electron chi connectivity index (χ3n) is 4.84. The SMILES string of the molecule is COc1cccc(CN2CCCC3(CCCNC3)C2)c1. The fourth-order valence-electron chi connectivity index (χ4n) is 3.85. The van der Waals surface area contributed by atoms with Crippen molar-refractivity contribution in [2.24, 2.45) is 5.41 Å². The minimum Gasteiger partial charge on any atom is -0.497 e. The van der Waals surface area contributed by atoms with Gasteiger partial charge in [-0.2, -0.15) is 0 Å². The molecule has 2 fully saturated rings. The number of nitrogens with zero attached hydrogens (tertiary/aromatic N) is 1. The maximum Gasteiger partial charge on any atom is 0.119 e. The van der Waals surface area contributed by atoms with Crippen molar-refractivity contribution in [3.63, 3.8) is 0 Å². The summed E-state index contributed by atoms with van der Waals surface area (Å²) in [4.78, 5) is 2.63. The van der Waals surface area contributed by atoms with Gasteiger partial charge in [0.05, 0.1) is 7.11 Å². The van der Waals surface area contributed by atoms with Crippen LogP contribution >= 0.6 is 0 Å². The molecule has 1 unspecified atom stereocenters. The Morgan fingerprint density at radius 2 is 2.20 bits per heavy atom. The first-order valence-electron chi connectivity index (χ1n) is 7.86. The lowest BCUT2D eigenvalue weighted by molar-refractivity contribution is 0.0600. The van der Waals surface area contributed by atoms with Crippen LogP contribution in [-0.2, 0) is 6.54 Å². The summed E-state index contributed by atoms with van der Waals surface area (Å²) in [6.45, 7) is 5.95. The molecule has 1 N–H and O–H groups in total. The van der Waals surface area contributed by atoms with E-state index >= 15 is 0 Å². The number of ether oxygens (including phenoxy) is 1. The number of likely N-dealkylation sites (tertiary alicyclic amines) is 1. The Balaban J connectivity index is 1.64. The van der Waals surface area contributed by atoms with E-state index in [9.17, 15) is 0 Å². The predicted octanol–water partition coefficient (Wildman–Crippen LogP) is 2.66. The van der Waals surface area contributed by atoms with E-state index in [-0.39, 0.29) is 0 Å². The highest BCUT2D eigenvalue weighted by Crippen LogP contribution is 2.36. The van der Waals surface area contributed by atoms with Gasteiger partial charge in [-0.05, 0) is 61.9 Å². The summed E-state index contributed by atoms with van der Waals surface area (Å²) in [6, 6.07) is 8.49. The second-order valence-corrected chi connectivity index (χ2v) is 6.45. The standard InChI is InChI=1S/C17H26N2O/c1-20-16-6-2-5-15(11-16)12-19-10-4-8-17(14-19)7-3-9-18-13-17/h2,5-6,11,18H,3-4,7-10,12-14H2,1H3. The molecule has 0 aromatic heterocycles. The van der Waals surface area contributed by atoms with Crippen molar-refractivity contribution in [1.29, 1.82) is 0 Å². The normalized spacial score (nSPS) is 27.6. The predicted molar refractivity (Wildman–Crippen MR) is 82.0 cm³/mol. The maximum atomic E-state index is 5.33.